The monoisotopic (exact) mass is 315 g/mol. The number of hydrogen-bond acceptors (Lipinski definition) is 5. The van der Waals surface area contributed by atoms with Crippen molar-refractivity contribution in [3.63, 3.8) is 0 Å². The summed E-state index contributed by atoms with van der Waals surface area (Å²) in [6, 6.07) is -0.145. The van der Waals surface area contributed by atoms with Crippen LogP contribution in [-0.4, -0.2) is 39.0 Å². The highest BCUT2D eigenvalue weighted by molar-refractivity contribution is 7.89. The molecule has 0 aromatic carbocycles. The first-order valence-electron chi connectivity index (χ1n) is 7.38. The Balaban J connectivity index is 2.14. The van der Waals surface area contributed by atoms with E-state index in [1.54, 1.807) is 13.8 Å². The molecule has 0 bridgehead atoms. The summed E-state index contributed by atoms with van der Waals surface area (Å²) < 4.78 is 33.3. The molecule has 3 N–H and O–H groups in total. The maximum absolute atomic E-state index is 12.6. The van der Waals surface area contributed by atoms with E-state index in [1.807, 2.05) is 6.92 Å². The molecular weight excluding hydrogens is 290 g/mol. The van der Waals surface area contributed by atoms with Gasteiger partial charge in [0, 0.05) is 24.7 Å². The number of rotatable bonds is 6. The van der Waals surface area contributed by atoms with Gasteiger partial charge in [-0.25, -0.2) is 13.1 Å². The molecule has 0 aliphatic carbocycles. The van der Waals surface area contributed by atoms with Crippen LogP contribution < -0.4 is 10.5 Å². The predicted molar refractivity (Wildman–Crippen MR) is 81.5 cm³/mol. The molecule has 1 fully saturated rings. The highest BCUT2D eigenvalue weighted by Crippen LogP contribution is 2.26. The molecule has 6 nitrogen and oxygen atoms in total. The van der Waals surface area contributed by atoms with Gasteiger partial charge in [0.2, 0.25) is 10.0 Å². The second kappa shape index (κ2) is 6.48. The van der Waals surface area contributed by atoms with Gasteiger partial charge in [-0.05, 0) is 46.7 Å². The topological polar surface area (TPSA) is 88.6 Å². The van der Waals surface area contributed by atoms with Gasteiger partial charge in [0.05, 0.1) is 0 Å². The van der Waals surface area contributed by atoms with Gasteiger partial charge in [-0.2, -0.15) is 0 Å². The highest BCUT2D eigenvalue weighted by Gasteiger charge is 2.28. The van der Waals surface area contributed by atoms with E-state index in [1.165, 1.54) is 12.8 Å². The van der Waals surface area contributed by atoms with Crippen LogP contribution in [-0.2, 0) is 16.6 Å². The lowest BCUT2D eigenvalue weighted by Crippen LogP contribution is -2.41. The number of sulfonamides is 1. The largest absolute Gasteiger partial charge is 0.465 e. The smallest absolute Gasteiger partial charge is 0.244 e. The molecule has 2 rings (SSSR count). The quantitative estimate of drug-likeness (QED) is 0.821. The Kier molecular flexibility index (Phi) is 5.08. The van der Waals surface area contributed by atoms with E-state index < -0.39 is 10.0 Å². The third-order valence-corrected chi connectivity index (χ3v) is 5.67. The van der Waals surface area contributed by atoms with Crippen molar-refractivity contribution < 1.29 is 12.8 Å². The number of aryl methyl sites for hydroxylation is 2. The van der Waals surface area contributed by atoms with E-state index in [0.29, 0.717) is 17.1 Å². The zero-order valence-corrected chi connectivity index (χ0v) is 13.8. The van der Waals surface area contributed by atoms with Gasteiger partial charge < -0.3 is 15.1 Å². The van der Waals surface area contributed by atoms with Crippen LogP contribution in [0.25, 0.3) is 0 Å². The second-order valence-electron chi connectivity index (χ2n) is 5.76. The summed E-state index contributed by atoms with van der Waals surface area (Å²) in [4.78, 5) is 2.49. The van der Waals surface area contributed by atoms with Crippen LogP contribution >= 0.6 is 0 Å². The molecule has 0 radical (unpaired) electrons. The molecule has 1 aromatic heterocycles. The summed E-state index contributed by atoms with van der Waals surface area (Å²) >= 11 is 0. The van der Waals surface area contributed by atoms with Crippen molar-refractivity contribution in [3.05, 3.63) is 17.1 Å². The molecule has 120 valence electrons. The van der Waals surface area contributed by atoms with Crippen molar-refractivity contribution in [2.24, 2.45) is 5.73 Å². The number of furan rings is 1. The molecule has 0 saturated carbocycles. The minimum atomic E-state index is -3.60. The Morgan fingerprint density at radius 3 is 2.48 bits per heavy atom. The molecule has 1 saturated heterocycles. The van der Waals surface area contributed by atoms with Crippen molar-refractivity contribution in [1.29, 1.82) is 0 Å². The maximum Gasteiger partial charge on any atom is 0.244 e. The molecule has 1 aromatic rings. The van der Waals surface area contributed by atoms with E-state index >= 15 is 0 Å². The van der Waals surface area contributed by atoms with Gasteiger partial charge in [0.25, 0.3) is 0 Å². The Morgan fingerprint density at radius 2 is 1.90 bits per heavy atom. The first kappa shape index (κ1) is 16.5. The zero-order chi connectivity index (χ0) is 15.6. The van der Waals surface area contributed by atoms with E-state index in [9.17, 15) is 8.42 Å². The molecular formula is C14H25N3O3S. The van der Waals surface area contributed by atoms with Gasteiger partial charge in [0.1, 0.15) is 16.4 Å². The van der Waals surface area contributed by atoms with E-state index in [0.717, 1.165) is 19.6 Å². The Labute approximate surface area is 126 Å². The molecule has 7 heteroatoms. The lowest BCUT2D eigenvalue weighted by Gasteiger charge is -2.21. The van der Waals surface area contributed by atoms with Gasteiger partial charge in [-0.3, -0.25) is 0 Å². The van der Waals surface area contributed by atoms with Crippen LogP contribution in [0.3, 0.4) is 0 Å². The fourth-order valence-electron chi connectivity index (χ4n) is 3.01. The van der Waals surface area contributed by atoms with Crippen molar-refractivity contribution in [2.45, 2.75) is 51.1 Å². The number of nitrogens with one attached hydrogen (secondary N) is 1. The summed E-state index contributed by atoms with van der Waals surface area (Å²) in [5, 5.41) is 0. The molecule has 1 aliphatic heterocycles. The molecule has 1 aliphatic rings. The highest BCUT2D eigenvalue weighted by atomic mass is 32.2. The van der Waals surface area contributed by atoms with Crippen LogP contribution in [0.4, 0.5) is 0 Å². The Hall–Kier alpha value is -0.890. The van der Waals surface area contributed by atoms with Crippen LogP contribution in [0.1, 0.15) is 36.8 Å². The summed E-state index contributed by atoms with van der Waals surface area (Å²) in [7, 11) is -3.60. The fraction of sp³-hybridized carbons (Fsp3) is 0.714. The third kappa shape index (κ3) is 3.66. The minimum absolute atomic E-state index is 0.145. The van der Waals surface area contributed by atoms with Gasteiger partial charge in [0.15, 0.2) is 0 Å². The fourth-order valence-corrected chi connectivity index (χ4v) is 4.70. The van der Waals surface area contributed by atoms with Crippen molar-refractivity contribution in [2.75, 3.05) is 19.6 Å². The first-order chi connectivity index (χ1) is 9.85. The SMILES string of the molecule is Cc1oc(C)c(S(=O)(=O)NC(C)CN2CCCC2)c1CN. The average molecular weight is 315 g/mol. The molecule has 1 unspecified atom stereocenters. The Bertz CT molecular complexity index is 589. The third-order valence-electron chi connectivity index (χ3n) is 3.88. The zero-order valence-electron chi connectivity index (χ0n) is 13.0. The summed E-state index contributed by atoms with van der Waals surface area (Å²) in [5.41, 5.74) is 6.23. The summed E-state index contributed by atoms with van der Waals surface area (Å²) in [6.07, 6.45) is 2.38. The van der Waals surface area contributed by atoms with Crippen LogP contribution in [0, 0.1) is 13.8 Å². The van der Waals surface area contributed by atoms with Crippen molar-refractivity contribution >= 4 is 10.0 Å². The van der Waals surface area contributed by atoms with E-state index in [4.69, 9.17) is 10.2 Å². The maximum atomic E-state index is 12.6. The lowest BCUT2D eigenvalue weighted by molar-refractivity contribution is 0.312. The normalized spacial score (nSPS) is 18.3. The number of hydrogen-bond donors (Lipinski definition) is 2. The van der Waals surface area contributed by atoms with Crippen molar-refractivity contribution in [3.8, 4) is 0 Å². The van der Waals surface area contributed by atoms with E-state index in [-0.39, 0.29) is 17.5 Å². The van der Waals surface area contributed by atoms with Gasteiger partial charge in [-0.15, -0.1) is 0 Å². The molecule has 1 atom stereocenters. The van der Waals surface area contributed by atoms with Crippen LogP contribution in [0.2, 0.25) is 0 Å². The lowest BCUT2D eigenvalue weighted by atomic mass is 10.2. The minimum Gasteiger partial charge on any atom is -0.465 e. The van der Waals surface area contributed by atoms with Crippen LogP contribution in [0.15, 0.2) is 9.31 Å². The van der Waals surface area contributed by atoms with Crippen molar-refractivity contribution in [1.82, 2.24) is 9.62 Å². The number of likely N-dealkylation sites (tertiary alicyclic amines) is 1. The first-order valence-corrected chi connectivity index (χ1v) is 8.87. The molecule has 21 heavy (non-hydrogen) atoms. The summed E-state index contributed by atoms with van der Waals surface area (Å²) in [6.45, 7) is 8.26. The predicted octanol–water partition coefficient (Wildman–Crippen LogP) is 1.12. The van der Waals surface area contributed by atoms with Crippen LogP contribution in [0.5, 0.6) is 0 Å². The number of nitrogens with two attached hydrogens (primary N) is 1. The Morgan fingerprint density at radius 1 is 1.29 bits per heavy atom. The average Bonchev–Trinajstić information content (AvgIpc) is 2.95. The van der Waals surface area contributed by atoms with E-state index in [2.05, 4.69) is 9.62 Å². The van der Waals surface area contributed by atoms with Gasteiger partial charge in [-0.1, -0.05) is 0 Å². The molecule has 0 spiro atoms. The molecule has 0 amide bonds. The standard InChI is InChI=1S/C14H25N3O3S/c1-10(9-17-6-4-5-7-17)16-21(18,19)14-12(3)20-11(2)13(14)8-15/h10,16H,4-9,15H2,1-3H3. The summed E-state index contributed by atoms with van der Waals surface area (Å²) in [5.74, 6) is 0.969. The molecule has 2 heterocycles. The second-order valence-corrected chi connectivity index (χ2v) is 7.41. The number of nitrogens with zero attached hydrogens (tertiary/aromatic N) is 1. The van der Waals surface area contributed by atoms with Gasteiger partial charge >= 0.3 is 0 Å².